The molecule has 0 aliphatic carbocycles. The van der Waals surface area contributed by atoms with Crippen LogP contribution in [0.3, 0.4) is 0 Å². The third kappa shape index (κ3) is 2.67. The fraction of sp³-hybridized carbons (Fsp3) is 0.600. The molecule has 1 rings (SSSR count). The lowest BCUT2D eigenvalue weighted by Gasteiger charge is -2.08. The molecule has 78 valence electrons. The molecule has 0 radical (unpaired) electrons. The highest BCUT2D eigenvalue weighted by Crippen LogP contribution is 2.12. The normalized spacial score (nSPS) is 12.8. The van der Waals surface area contributed by atoms with Crippen molar-refractivity contribution in [2.24, 2.45) is 5.73 Å². The third-order valence-corrected chi connectivity index (χ3v) is 2.29. The molecule has 1 aromatic heterocycles. The Morgan fingerprint density at radius 2 is 2.36 bits per heavy atom. The number of nitrogens with zero attached hydrogens (tertiary/aromatic N) is 1. The van der Waals surface area contributed by atoms with Crippen LogP contribution in [0.2, 0.25) is 0 Å². The van der Waals surface area contributed by atoms with Crippen LogP contribution in [0.15, 0.2) is 10.9 Å². The van der Waals surface area contributed by atoms with Crippen LogP contribution in [-0.2, 0) is 6.42 Å². The second-order valence-corrected chi connectivity index (χ2v) is 3.47. The van der Waals surface area contributed by atoms with Crippen molar-refractivity contribution in [3.05, 3.63) is 27.9 Å². The molecule has 3 N–H and O–H groups in total. The predicted octanol–water partition coefficient (Wildman–Crippen LogP) is 0.785. The maximum Gasteiger partial charge on any atom is 0.251 e. The van der Waals surface area contributed by atoms with Crippen LogP contribution < -0.4 is 11.3 Å². The molecular weight excluding hydrogens is 178 g/mol. The van der Waals surface area contributed by atoms with Gasteiger partial charge in [0, 0.05) is 24.1 Å². The highest BCUT2D eigenvalue weighted by molar-refractivity contribution is 5.05. The fourth-order valence-electron chi connectivity index (χ4n) is 1.23. The first-order valence-electron chi connectivity index (χ1n) is 4.97. The monoisotopic (exact) mass is 195 g/mol. The number of aromatic nitrogens is 2. The first kappa shape index (κ1) is 10.9. The highest BCUT2D eigenvalue weighted by atomic mass is 16.1. The molecule has 14 heavy (non-hydrogen) atoms. The highest BCUT2D eigenvalue weighted by Gasteiger charge is 2.07. The first-order valence-corrected chi connectivity index (χ1v) is 4.97. The molecule has 0 bridgehead atoms. The number of rotatable bonds is 4. The van der Waals surface area contributed by atoms with Gasteiger partial charge in [0.15, 0.2) is 0 Å². The van der Waals surface area contributed by atoms with Crippen molar-refractivity contribution in [3.8, 4) is 0 Å². The summed E-state index contributed by atoms with van der Waals surface area (Å²) in [4.78, 5) is 18.4. The summed E-state index contributed by atoms with van der Waals surface area (Å²) in [5.74, 6) is 1.06. The van der Waals surface area contributed by atoms with Crippen molar-refractivity contribution in [2.75, 3.05) is 6.54 Å². The van der Waals surface area contributed by atoms with Gasteiger partial charge < -0.3 is 10.7 Å². The molecule has 0 saturated carbocycles. The quantitative estimate of drug-likeness (QED) is 0.746. The molecule has 1 unspecified atom stereocenters. The van der Waals surface area contributed by atoms with Gasteiger partial charge in [-0.1, -0.05) is 13.8 Å². The number of nitrogens with two attached hydrogens (primary N) is 1. The Hall–Kier alpha value is -1.16. The van der Waals surface area contributed by atoms with Crippen LogP contribution in [-0.4, -0.2) is 16.5 Å². The lowest BCUT2D eigenvalue weighted by Crippen LogP contribution is -2.16. The Bertz CT molecular complexity index is 345. The average molecular weight is 195 g/mol. The van der Waals surface area contributed by atoms with Gasteiger partial charge >= 0.3 is 0 Å². The van der Waals surface area contributed by atoms with Crippen LogP contribution >= 0.6 is 0 Å². The van der Waals surface area contributed by atoms with E-state index >= 15 is 0 Å². The summed E-state index contributed by atoms with van der Waals surface area (Å²) < 4.78 is 0. The van der Waals surface area contributed by atoms with Crippen molar-refractivity contribution >= 4 is 0 Å². The van der Waals surface area contributed by atoms with Crippen LogP contribution in [0.5, 0.6) is 0 Å². The summed E-state index contributed by atoms with van der Waals surface area (Å²) in [5, 5.41) is 0. The lowest BCUT2D eigenvalue weighted by molar-refractivity contribution is 0.665. The molecule has 0 aromatic carbocycles. The number of hydrogen-bond donors (Lipinski definition) is 2. The zero-order valence-corrected chi connectivity index (χ0v) is 8.71. The van der Waals surface area contributed by atoms with E-state index in [0.717, 1.165) is 17.9 Å². The molecule has 0 saturated heterocycles. The molecule has 0 aliphatic rings. The lowest BCUT2D eigenvalue weighted by atomic mass is 10.1. The summed E-state index contributed by atoms with van der Waals surface area (Å²) in [7, 11) is 0. The summed E-state index contributed by atoms with van der Waals surface area (Å²) >= 11 is 0. The molecule has 1 atom stereocenters. The van der Waals surface area contributed by atoms with E-state index < -0.39 is 0 Å². The second kappa shape index (κ2) is 4.91. The van der Waals surface area contributed by atoms with Crippen molar-refractivity contribution in [1.82, 2.24) is 9.97 Å². The number of hydrogen-bond acceptors (Lipinski definition) is 3. The van der Waals surface area contributed by atoms with Gasteiger partial charge in [-0.25, -0.2) is 4.98 Å². The zero-order chi connectivity index (χ0) is 10.6. The van der Waals surface area contributed by atoms with Crippen molar-refractivity contribution in [1.29, 1.82) is 0 Å². The average Bonchev–Trinajstić information content (AvgIpc) is 2.16. The Morgan fingerprint density at radius 3 is 2.93 bits per heavy atom. The van der Waals surface area contributed by atoms with Gasteiger partial charge in [-0.15, -0.1) is 0 Å². The molecule has 0 amide bonds. The van der Waals surface area contributed by atoms with Crippen molar-refractivity contribution in [2.45, 2.75) is 32.6 Å². The summed E-state index contributed by atoms with van der Waals surface area (Å²) in [5.41, 5.74) is 6.12. The number of H-pyrrole nitrogens is 1. The smallest absolute Gasteiger partial charge is 0.251 e. The largest absolute Gasteiger partial charge is 0.330 e. The van der Waals surface area contributed by atoms with Gasteiger partial charge in [0.2, 0.25) is 0 Å². The van der Waals surface area contributed by atoms with Crippen LogP contribution in [0, 0.1) is 0 Å². The predicted molar refractivity (Wildman–Crippen MR) is 56.3 cm³/mol. The molecule has 4 nitrogen and oxygen atoms in total. The Labute approximate surface area is 83.6 Å². The molecule has 0 aliphatic heterocycles. The van der Waals surface area contributed by atoms with Gasteiger partial charge in [-0.05, 0) is 13.0 Å². The molecular formula is C10H17N3O. The van der Waals surface area contributed by atoms with Gasteiger partial charge in [-0.2, -0.15) is 0 Å². The van der Waals surface area contributed by atoms with Crippen molar-refractivity contribution < 1.29 is 0 Å². The van der Waals surface area contributed by atoms with Gasteiger partial charge in [-0.3, -0.25) is 4.79 Å². The molecule has 0 spiro atoms. The van der Waals surface area contributed by atoms with E-state index in [-0.39, 0.29) is 5.56 Å². The Balaban J connectivity index is 3.00. The summed E-state index contributed by atoms with van der Waals surface area (Å²) in [6, 6.07) is 1.51. The maximum atomic E-state index is 11.3. The Kier molecular flexibility index (Phi) is 3.83. The topological polar surface area (TPSA) is 71.8 Å². The molecule has 1 aromatic rings. The van der Waals surface area contributed by atoms with E-state index in [2.05, 4.69) is 16.9 Å². The van der Waals surface area contributed by atoms with E-state index in [1.54, 1.807) is 0 Å². The summed E-state index contributed by atoms with van der Waals surface area (Å²) in [6.45, 7) is 4.64. The van der Waals surface area contributed by atoms with Gasteiger partial charge in [0.1, 0.15) is 5.82 Å². The fourth-order valence-corrected chi connectivity index (χ4v) is 1.23. The second-order valence-electron chi connectivity index (χ2n) is 3.47. The molecule has 4 heteroatoms. The first-order chi connectivity index (χ1) is 6.67. The molecule has 0 fully saturated rings. The molecule has 1 heterocycles. The van der Waals surface area contributed by atoms with Gasteiger partial charge in [0.25, 0.3) is 5.56 Å². The van der Waals surface area contributed by atoms with E-state index in [0.29, 0.717) is 18.9 Å². The Morgan fingerprint density at radius 1 is 1.64 bits per heavy atom. The number of nitrogens with one attached hydrogen (secondary N) is 1. The van der Waals surface area contributed by atoms with Crippen LogP contribution in [0.25, 0.3) is 0 Å². The SMILES string of the molecule is CCC(C)c1nc(CCN)cc(=O)[nH]1. The standard InChI is InChI=1S/C10H17N3O/c1-3-7(2)10-12-8(4-5-11)6-9(14)13-10/h6-7H,3-5,11H2,1-2H3,(H,12,13,14). The van der Waals surface area contributed by atoms with E-state index in [4.69, 9.17) is 5.73 Å². The minimum atomic E-state index is -0.0845. The van der Waals surface area contributed by atoms with E-state index in [1.165, 1.54) is 6.07 Å². The van der Waals surface area contributed by atoms with E-state index in [1.807, 2.05) is 6.92 Å². The van der Waals surface area contributed by atoms with Crippen LogP contribution in [0.4, 0.5) is 0 Å². The van der Waals surface area contributed by atoms with Crippen molar-refractivity contribution in [3.63, 3.8) is 0 Å². The van der Waals surface area contributed by atoms with E-state index in [9.17, 15) is 4.79 Å². The third-order valence-electron chi connectivity index (χ3n) is 2.29. The van der Waals surface area contributed by atoms with Crippen LogP contribution in [0.1, 0.15) is 37.7 Å². The summed E-state index contributed by atoms with van der Waals surface area (Å²) in [6.07, 6.45) is 1.63. The minimum Gasteiger partial charge on any atom is -0.330 e. The zero-order valence-electron chi connectivity index (χ0n) is 8.71. The van der Waals surface area contributed by atoms with Gasteiger partial charge in [0.05, 0.1) is 0 Å². The number of aromatic amines is 1. The maximum absolute atomic E-state index is 11.3. The minimum absolute atomic E-state index is 0.0845.